The number of aromatic nitrogens is 2. The summed E-state index contributed by atoms with van der Waals surface area (Å²) in [6.07, 6.45) is -0.180. The van der Waals surface area contributed by atoms with Crippen molar-refractivity contribution in [1.82, 2.24) is 9.55 Å². The first-order valence-electron chi connectivity index (χ1n) is 11.0. The second kappa shape index (κ2) is 8.82. The minimum Gasteiger partial charge on any atom is -0.324 e. The van der Waals surface area contributed by atoms with E-state index in [1.165, 1.54) is 11.0 Å². The summed E-state index contributed by atoms with van der Waals surface area (Å²) in [4.78, 5) is 19.1. The number of para-hydroxylation sites is 2. The van der Waals surface area contributed by atoms with Crippen LogP contribution < -0.4 is 4.90 Å². The summed E-state index contributed by atoms with van der Waals surface area (Å²) in [7, 11) is 0. The summed E-state index contributed by atoms with van der Waals surface area (Å²) < 4.78 is 41.6. The van der Waals surface area contributed by atoms with Gasteiger partial charge in [-0.2, -0.15) is 13.2 Å². The molecule has 1 aliphatic rings. The van der Waals surface area contributed by atoms with Crippen molar-refractivity contribution in [3.63, 3.8) is 0 Å². The van der Waals surface area contributed by atoms with Gasteiger partial charge in [-0.3, -0.25) is 4.79 Å². The molecule has 34 heavy (non-hydrogen) atoms. The molecule has 0 bridgehead atoms. The topological polar surface area (TPSA) is 38.1 Å². The molecule has 172 valence electrons. The van der Waals surface area contributed by atoms with Gasteiger partial charge in [-0.15, -0.1) is 0 Å². The molecule has 1 fully saturated rings. The number of amides is 1. The van der Waals surface area contributed by atoms with Crippen LogP contribution in [0.5, 0.6) is 0 Å². The van der Waals surface area contributed by atoms with Crippen LogP contribution in [0.2, 0.25) is 0 Å². The Morgan fingerprint density at radius 1 is 0.971 bits per heavy atom. The van der Waals surface area contributed by atoms with Gasteiger partial charge in [0.25, 0.3) is 0 Å². The molecular formula is C27H22F3N3O. The van der Waals surface area contributed by atoms with E-state index in [-0.39, 0.29) is 30.5 Å². The summed E-state index contributed by atoms with van der Waals surface area (Å²) in [5, 5.41) is 0. The van der Waals surface area contributed by atoms with Crippen LogP contribution in [0.25, 0.3) is 17.1 Å². The fraction of sp³-hybridized carbons (Fsp3) is 0.185. The maximum atomic E-state index is 13.2. The van der Waals surface area contributed by atoms with Gasteiger partial charge in [-0.1, -0.05) is 60.7 Å². The van der Waals surface area contributed by atoms with E-state index in [2.05, 4.69) is 4.57 Å². The zero-order valence-electron chi connectivity index (χ0n) is 18.2. The predicted octanol–water partition coefficient (Wildman–Crippen LogP) is 6.29. The van der Waals surface area contributed by atoms with E-state index in [1.807, 2.05) is 66.7 Å². The number of benzene rings is 3. The van der Waals surface area contributed by atoms with Gasteiger partial charge in [0, 0.05) is 31.1 Å². The van der Waals surface area contributed by atoms with Gasteiger partial charge < -0.3 is 9.47 Å². The molecule has 7 heteroatoms. The molecule has 1 atom stereocenters. The van der Waals surface area contributed by atoms with Crippen molar-refractivity contribution in [2.45, 2.75) is 25.1 Å². The summed E-state index contributed by atoms with van der Waals surface area (Å²) in [5.74, 6) is 0.337. The molecule has 1 aliphatic heterocycles. The smallest absolute Gasteiger partial charge is 0.324 e. The fourth-order valence-electron chi connectivity index (χ4n) is 4.44. The molecule has 0 radical (unpaired) electrons. The normalized spacial score (nSPS) is 16.7. The molecule has 0 aliphatic carbocycles. The number of carbonyl (C=O) groups is 1. The lowest BCUT2D eigenvalue weighted by Gasteiger charge is -2.18. The Bertz CT molecular complexity index is 1360. The Labute approximate surface area is 195 Å². The maximum absolute atomic E-state index is 13.2. The number of carbonyl (C=O) groups excluding carboxylic acids is 1. The molecule has 3 aromatic carbocycles. The van der Waals surface area contributed by atoms with Crippen LogP contribution >= 0.6 is 0 Å². The summed E-state index contributed by atoms with van der Waals surface area (Å²) in [5.41, 5.74) is 2.37. The first-order chi connectivity index (χ1) is 16.4. The van der Waals surface area contributed by atoms with Gasteiger partial charge in [-0.05, 0) is 35.9 Å². The molecule has 0 saturated carbocycles. The minimum absolute atomic E-state index is 0.196. The number of hydrogen-bond acceptors (Lipinski definition) is 2. The molecule has 5 rings (SSSR count). The summed E-state index contributed by atoms with van der Waals surface area (Å²) in [6.45, 7) is 0.852. The highest BCUT2D eigenvalue weighted by molar-refractivity contribution is 5.96. The number of allylic oxidation sites excluding steroid dienone is 1. The van der Waals surface area contributed by atoms with Crippen molar-refractivity contribution in [2.24, 2.45) is 0 Å². The average molecular weight is 461 g/mol. The second-order valence-electron chi connectivity index (χ2n) is 8.34. The number of nitrogens with zero attached hydrogens (tertiary/aromatic N) is 3. The number of imidazole rings is 1. The minimum atomic E-state index is -4.46. The van der Waals surface area contributed by atoms with E-state index in [4.69, 9.17) is 4.98 Å². The Hall–Kier alpha value is -3.87. The van der Waals surface area contributed by atoms with E-state index in [0.717, 1.165) is 34.6 Å². The summed E-state index contributed by atoms with van der Waals surface area (Å²) in [6, 6.07) is 22.7. The summed E-state index contributed by atoms with van der Waals surface area (Å²) >= 11 is 0. The van der Waals surface area contributed by atoms with Crippen molar-refractivity contribution in [1.29, 1.82) is 0 Å². The molecular weight excluding hydrogens is 439 g/mol. The Balaban J connectivity index is 1.45. The van der Waals surface area contributed by atoms with Crippen LogP contribution in [0, 0.1) is 0 Å². The van der Waals surface area contributed by atoms with E-state index < -0.39 is 11.7 Å². The van der Waals surface area contributed by atoms with E-state index in [9.17, 15) is 18.0 Å². The highest BCUT2D eigenvalue weighted by Gasteiger charge is 2.36. The number of alkyl halides is 3. The third-order valence-electron chi connectivity index (χ3n) is 6.06. The zero-order valence-corrected chi connectivity index (χ0v) is 18.2. The number of halogens is 3. The highest BCUT2D eigenvalue weighted by Crippen LogP contribution is 2.36. The lowest BCUT2D eigenvalue weighted by Crippen LogP contribution is -2.25. The number of fused-ring (bicyclic) bond motifs is 1. The zero-order chi connectivity index (χ0) is 23.7. The van der Waals surface area contributed by atoms with Crippen LogP contribution in [-0.4, -0.2) is 22.0 Å². The molecule has 1 aromatic heterocycles. The van der Waals surface area contributed by atoms with Crippen LogP contribution in [0.3, 0.4) is 0 Å². The van der Waals surface area contributed by atoms with Crippen molar-refractivity contribution in [3.8, 4) is 0 Å². The van der Waals surface area contributed by atoms with Crippen LogP contribution in [-0.2, 0) is 17.5 Å². The molecule has 1 amide bonds. The first kappa shape index (κ1) is 21.9. The van der Waals surface area contributed by atoms with Gasteiger partial charge in [0.15, 0.2) is 0 Å². The predicted molar refractivity (Wildman–Crippen MR) is 126 cm³/mol. The number of anilines is 1. The van der Waals surface area contributed by atoms with Crippen molar-refractivity contribution < 1.29 is 18.0 Å². The van der Waals surface area contributed by atoms with E-state index >= 15 is 0 Å². The molecule has 0 unspecified atom stereocenters. The largest absolute Gasteiger partial charge is 0.416 e. The maximum Gasteiger partial charge on any atom is 0.416 e. The van der Waals surface area contributed by atoms with Gasteiger partial charge in [-0.25, -0.2) is 4.98 Å². The second-order valence-corrected chi connectivity index (χ2v) is 8.34. The van der Waals surface area contributed by atoms with Crippen molar-refractivity contribution in [2.75, 3.05) is 11.4 Å². The standard InChI is InChI=1S/C27H22F3N3O/c28-27(29,30)21-11-6-12-22(17-21)33-18-20(16-25(33)34)26-31-23-13-4-5-14-24(23)32(26)15-7-10-19-8-2-1-3-9-19/h1-14,17,20H,15-16,18H2/b10-7+/t20-/m0/s1. The van der Waals surface area contributed by atoms with Crippen LogP contribution in [0.1, 0.15) is 29.3 Å². The monoisotopic (exact) mass is 461 g/mol. The SMILES string of the molecule is O=C1C[C@H](c2nc3ccccc3n2C/C=C/c2ccccc2)CN1c1cccc(C(F)(F)F)c1. The molecule has 4 nitrogen and oxygen atoms in total. The van der Waals surface area contributed by atoms with E-state index in [0.29, 0.717) is 6.54 Å². The van der Waals surface area contributed by atoms with Gasteiger partial charge >= 0.3 is 6.18 Å². The molecule has 0 N–H and O–H groups in total. The Morgan fingerprint density at radius 2 is 1.74 bits per heavy atom. The number of rotatable bonds is 5. The Morgan fingerprint density at radius 3 is 2.53 bits per heavy atom. The van der Waals surface area contributed by atoms with Crippen LogP contribution in [0.4, 0.5) is 18.9 Å². The molecule has 0 spiro atoms. The quantitative estimate of drug-likeness (QED) is 0.350. The Kier molecular flexibility index (Phi) is 5.69. The average Bonchev–Trinajstić information content (AvgIpc) is 3.40. The van der Waals surface area contributed by atoms with Gasteiger partial charge in [0.1, 0.15) is 5.82 Å². The van der Waals surface area contributed by atoms with E-state index in [1.54, 1.807) is 6.07 Å². The van der Waals surface area contributed by atoms with Gasteiger partial charge in [0.05, 0.1) is 16.6 Å². The molecule has 4 aromatic rings. The third-order valence-corrected chi connectivity index (χ3v) is 6.06. The molecule has 1 saturated heterocycles. The van der Waals surface area contributed by atoms with Crippen molar-refractivity contribution in [3.05, 3.63) is 102 Å². The first-order valence-corrected chi connectivity index (χ1v) is 11.0. The molecule has 2 heterocycles. The van der Waals surface area contributed by atoms with Crippen LogP contribution in [0.15, 0.2) is 84.9 Å². The lowest BCUT2D eigenvalue weighted by molar-refractivity contribution is -0.137. The van der Waals surface area contributed by atoms with Crippen molar-refractivity contribution >= 4 is 28.7 Å². The highest BCUT2D eigenvalue weighted by atomic mass is 19.4. The number of hydrogen-bond donors (Lipinski definition) is 0. The fourth-order valence-corrected chi connectivity index (χ4v) is 4.44. The lowest BCUT2D eigenvalue weighted by atomic mass is 10.1. The third kappa shape index (κ3) is 4.33. The van der Waals surface area contributed by atoms with Gasteiger partial charge in [0.2, 0.25) is 5.91 Å².